The number of amides is 1. The first kappa shape index (κ1) is 20.1. The summed E-state index contributed by atoms with van der Waals surface area (Å²) in [6.07, 6.45) is 0.266. The zero-order valence-electron chi connectivity index (χ0n) is 14.0. The third kappa shape index (κ3) is 3.32. The summed E-state index contributed by atoms with van der Waals surface area (Å²) in [4.78, 5) is 25.9. The van der Waals surface area contributed by atoms with Crippen molar-refractivity contribution < 1.29 is 18.8 Å². The van der Waals surface area contributed by atoms with E-state index in [4.69, 9.17) is 45.3 Å². The summed E-state index contributed by atoms with van der Waals surface area (Å²) < 4.78 is 20.5. The maximum atomic E-state index is 13.8. The molecule has 0 bridgehead atoms. The molecule has 3 rings (SSSR count). The van der Waals surface area contributed by atoms with Gasteiger partial charge in [0.15, 0.2) is 0 Å². The first-order valence-electron chi connectivity index (χ1n) is 7.58. The molecule has 0 radical (unpaired) electrons. The highest BCUT2D eigenvalue weighted by Gasteiger charge is 2.30. The molecule has 0 fully saturated rings. The van der Waals surface area contributed by atoms with Crippen molar-refractivity contribution in [1.29, 1.82) is 0 Å². The number of carbonyl (C=O) groups excluding carboxylic acids is 1. The number of nitro groups is 1. The van der Waals surface area contributed by atoms with Crippen LogP contribution in [0, 0.1) is 15.9 Å². The number of pyridine rings is 1. The van der Waals surface area contributed by atoms with E-state index in [9.17, 15) is 19.3 Å². The van der Waals surface area contributed by atoms with Gasteiger partial charge in [-0.3, -0.25) is 4.57 Å². The normalized spacial score (nSPS) is 12.2. The van der Waals surface area contributed by atoms with Crippen molar-refractivity contribution in [3.05, 3.63) is 61.1 Å². The van der Waals surface area contributed by atoms with E-state index in [1.165, 1.54) is 25.3 Å². The van der Waals surface area contributed by atoms with E-state index in [1.54, 1.807) is 0 Å². The van der Waals surface area contributed by atoms with Gasteiger partial charge in [0, 0.05) is 16.8 Å². The molecule has 146 valence electrons. The highest BCUT2D eigenvalue weighted by Crippen LogP contribution is 2.42. The van der Waals surface area contributed by atoms with Crippen LogP contribution in [0.3, 0.4) is 0 Å². The van der Waals surface area contributed by atoms with Crippen LogP contribution >= 0.6 is 34.8 Å². The molecule has 0 aliphatic rings. The van der Waals surface area contributed by atoms with Gasteiger partial charge >= 0.3 is 11.8 Å². The Balaban J connectivity index is 2.21. The average molecular weight is 448 g/mol. The summed E-state index contributed by atoms with van der Waals surface area (Å²) in [7, 11) is 0. The zero-order valence-corrected chi connectivity index (χ0v) is 16.2. The molecule has 8 nitrogen and oxygen atoms in total. The van der Waals surface area contributed by atoms with Crippen molar-refractivity contribution in [3.63, 3.8) is 0 Å². The molecule has 2 heterocycles. The Labute approximate surface area is 171 Å². The van der Waals surface area contributed by atoms with Gasteiger partial charge in [0.1, 0.15) is 17.4 Å². The van der Waals surface area contributed by atoms with Crippen LogP contribution in [0.2, 0.25) is 15.2 Å². The molecule has 0 spiro atoms. The van der Waals surface area contributed by atoms with Crippen LogP contribution in [0.1, 0.15) is 18.6 Å². The first-order chi connectivity index (χ1) is 13.1. The predicted octanol–water partition coefficient (Wildman–Crippen LogP) is 5.11. The van der Waals surface area contributed by atoms with Crippen LogP contribution in [0.15, 0.2) is 24.4 Å². The fourth-order valence-electron chi connectivity index (χ4n) is 2.72. The lowest BCUT2D eigenvalue weighted by Crippen LogP contribution is -2.18. The largest absolute Gasteiger partial charge is 0.477 e. The Morgan fingerprint density at radius 3 is 2.64 bits per heavy atom. The Bertz CT molecular complexity index is 1140. The molecule has 2 aromatic heterocycles. The molecule has 2 N–H and O–H groups in total. The molecule has 0 saturated heterocycles. The second-order valence-corrected chi connectivity index (χ2v) is 6.76. The average Bonchev–Trinajstić information content (AvgIpc) is 3.06. The van der Waals surface area contributed by atoms with Gasteiger partial charge in [0.2, 0.25) is 5.75 Å². The van der Waals surface area contributed by atoms with Crippen LogP contribution < -0.4 is 10.5 Å². The van der Waals surface area contributed by atoms with E-state index in [2.05, 4.69) is 4.98 Å². The minimum absolute atomic E-state index is 0.0263. The Hall–Kier alpha value is -2.62. The summed E-state index contributed by atoms with van der Waals surface area (Å²) in [5.74, 6) is -1.73. The monoisotopic (exact) mass is 446 g/mol. The number of hydrogen-bond donors (Lipinski definition) is 1. The number of nitrogens with two attached hydrogens (primary N) is 1. The standard InChI is InChI=1S/C16H10Cl3FN4O4/c1-6(10-8(17)2-3-9(20)11(10)18)28-13-7-4-5-23(16(21)25)12(7)14(19)22-15(13)24(26)27/h2-6H,1H3,(H2,21,25)/t6-/m1/s1. The molecule has 3 aromatic rings. The fourth-order valence-corrected chi connectivity index (χ4v) is 3.67. The maximum absolute atomic E-state index is 13.8. The second-order valence-electron chi connectivity index (χ2n) is 5.62. The van der Waals surface area contributed by atoms with E-state index < -0.39 is 28.7 Å². The van der Waals surface area contributed by atoms with Gasteiger partial charge in [0.25, 0.3) is 5.15 Å². The Kier molecular flexibility index (Phi) is 5.33. The number of nitrogens with zero attached hydrogens (tertiary/aromatic N) is 3. The third-order valence-electron chi connectivity index (χ3n) is 3.92. The molecule has 12 heteroatoms. The van der Waals surface area contributed by atoms with Gasteiger partial charge in [-0.1, -0.05) is 23.2 Å². The first-order valence-corrected chi connectivity index (χ1v) is 8.71. The number of rotatable bonds is 4. The molecule has 0 unspecified atom stereocenters. The van der Waals surface area contributed by atoms with Gasteiger partial charge < -0.3 is 20.6 Å². The van der Waals surface area contributed by atoms with Crippen LogP contribution in [0.25, 0.3) is 10.9 Å². The highest BCUT2D eigenvalue weighted by atomic mass is 35.5. The van der Waals surface area contributed by atoms with Gasteiger partial charge in [-0.2, -0.15) is 0 Å². The number of aromatic nitrogens is 2. The number of carbonyl (C=O) groups is 1. The minimum Gasteiger partial charge on any atom is -0.477 e. The summed E-state index contributed by atoms with van der Waals surface area (Å²) in [6, 6.07) is 2.85. The van der Waals surface area contributed by atoms with Crippen molar-refractivity contribution >= 4 is 57.6 Å². The van der Waals surface area contributed by atoms with Crippen molar-refractivity contribution in [1.82, 2.24) is 9.55 Å². The quantitative estimate of drug-likeness (QED) is 0.258. The Morgan fingerprint density at radius 2 is 2.04 bits per heavy atom. The number of fused-ring (bicyclic) bond motifs is 1. The van der Waals surface area contributed by atoms with Crippen LogP contribution in [0.4, 0.5) is 15.0 Å². The molecule has 1 aromatic carbocycles. The summed E-state index contributed by atoms with van der Waals surface area (Å²) in [5.41, 5.74) is 5.40. The fraction of sp³-hybridized carbons (Fsp3) is 0.125. The summed E-state index contributed by atoms with van der Waals surface area (Å²) in [6.45, 7) is 1.47. The lowest BCUT2D eigenvalue weighted by Gasteiger charge is -2.18. The van der Waals surface area contributed by atoms with Crippen molar-refractivity contribution in [2.75, 3.05) is 0 Å². The van der Waals surface area contributed by atoms with Crippen molar-refractivity contribution in [3.8, 4) is 5.75 Å². The van der Waals surface area contributed by atoms with Crippen LogP contribution in [-0.2, 0) is 0 Å². The summed E-state index contributed by atoms with van der Waals surface area (Å²) >= 11 is 18.1. The smallest absolute Gasteiger partial charge is 0.408 e. The van der Waals surface area contributed by atoms with E-state index >= 15 is 0 Å². The molecule has 28 heavy (non-hydrogen) atoms. The molecular weight excluding hydrogens is 438 g/mol. The number of benzene rings is 1. The summed E-state index contributed by atoms with van der Waals surface area (Å²) in [5, 5.41) is 11.1. The van der Waals surface area contributed by atoms with Gasteiger partial charge in [-0.25, -0.2) is 9.18 Å². The molecule has 0 saturated carbocycles. The van der Waals surface area contributed by atoms with Gasteiger partial charge in [-0.05, 0) is 46.6 Å². The van der Waals surface area contributed by atoms with E-state index in [0.29, 0.717) is 0 Å². The zero-order chi connectivity index (χ0) is 20.7. The van der Waals surface area contributed by atoms with Gasteiger partial charge in [-0.15, -0.1) is 0 Å². The predicted molar refractivity (Wildman–Crippen MR) is 102 cm³/mol. The maximum Gasteiger partial charge on any atom is 0.408 e. The van der Waals surface area contributed by atoms with E-state index in [1.807, 2.05) is 0 Å². The van der Waals surface area contributed by atoms with E-state index in [-0.39, 0.29) is 37.4 Å². The molecule has 1 amide bonds. The second kappa shape index (κ2) is 7.42. The molecule has 0 aliphatic heterocycles. The topological polar surface area (TPSA) is 113 Å². The molecular formula is C16H10Cl3FN4O4. The number of ether oxygens (including phenoxy) is 1. The lowest BCUT2D eigenvalue weighted by molar-refractivity contribution is -0.390. The van der Waals surface area contributed by atoms with Crippen LogP contribution in [-0.4, -0.2) is 20.5 Å². The van der Waals surface area contributed by atoms with Crippen molar-refractivity contribution in [2.45, 2.75) is 13.0 Å². The Morgan fingerprint density at radius 1 is 1.36 bits per heavy atom. The molecule has 0 aliphatic carbocycles. The number of hydrogen-bond acceptors (Lipinski definition) is 5. The van der Waals surface area contributed by atoms with Crippen molar-refractivity contribution in [2.24, 2.45) is 5.73 Å². The molecule has 1 atom stereocenters. The third-order valence-corrected chi connectivity index (χ3v) is 4.90. The highest BCUT2D eigenvalue weighted by molar-refractivity contribution is 6.36. The number of primary amides is 1. The number of halogens is 4. The minimum atomic E-state index is -1.00. The lowest BCUT2D eigenvalue weighted by atomic mass is 10.1. The SMILES string of the molecule is C[C@@H](Oc1c([N+](=O)[O-])nc(Cl)c2c1ccn2C(N)=O)c1c(Cl)ccc(F)c1Cl. The van der Waals surface area contributed by atoms with E-state index in [0.717, 1.165) is 10.6 Å². The van der Waals surface area contributed by atoms with Crippen LogP contribution in [0.5, 0.6) is 5.75 Å². The van der Waals surface area contributed by atoms with Gasteiger partial charge in [0.05, 0.1) is 10.4 Å².